The van der Waals surface area contributed by atoms with Crippen molar-refractivity contribution in [3.05, 3.63) is 12.7 Å². The molecule has 1 nitrogen and oxygen atoms in total. The highest BCUT2D eigenvalue weighted by Crippen LogP contribution is 1.67. The maximum atomic E-state index is 3.62. The van der Waals surface area contributed by atoms with Crippen LogP contribution in [-0.2, 0) is 0 Å². The number of nitrogens with one attached hydrogen (secondary N) is 1. The van der Waals surface area contributed by atoms with Crippen LogP contribution in [0.3, 0.4) is 0 Å². The summed E-state index contributed by atoms with van der Waals surface area (Å²) in [4.78, 5) is 1.49. The molecule has 0 radical (unpaired) electrons. The molecule has 8 heavy (non-hydrogen) atoms. The first-order valence-corrected chi connectivity index (χ1v) is 2.67. The zero-order valence-electron chi connectivity index (χ0n) is 5.58. The number of hydrogen-bond donors (Lipinski definition) is 1. The number of hydrogen-bond acceptors (Lipinski definition) is 0. The molecule has 0 saturated heterocycles. The lowest BCUT2D eigenvalue weighted by molar-refractivity contribution is -0.857. The predicted molar refractivity (Wildman–Crippen MR) is 32.5 cm³/mol. The molecule has 0 saturated carbocycles. The molecule has 2 heteroatoms. The standard InChI is InChI=1S/C6H13N.ClH/c1-4-5-6-7(2)3;/h4H,1,5-6H2,2-3H3;1H. The molecule has 0 amide bonds. The van der Waals surface area contributed by atoms with Crippen LogP contribution in [0, 0.1) is 0 Å². The molecule has 50 valence electrons. The molecular formula is C6H14ClN. The summed E-state index contributed by atoms with van der Waals surface area (Å²) in [5.74, 6) is 0. The van der Waals surface area contributed by atoms with Gasteiger partial charge in [-0.25, -0.2) is 0 Å². The highest BCUT2D eigenvalue weighted by atomic mass is 35.5. The van der Waals surface area contributed by atoms with Crippen LogP contribution in [0.5, 0.6) is 0 Å². The molecule has 0 bridgehead atoms. The molecule has 0 aliphatic rings. The molecule has 0 aromatic carbocycles. The summed E-state index contributed by atoms with van der Waals surface area (Å²) < 4.78 is 0. The lowest BCUT2D eigenvalue weighted by atomic mass is 10.4. The van der Waals surface area contributed by atoms with Crippen molar-refractivity contribution < 1.29 is 17.3 Å². The van der Waals surface area contributed by atoms with Gasteiger partial charge in [-0.2, -0.15) is 0 Å². The van der Waals surface area contributed by atoms with Gasteiger partial charge in [0.1, 0.15) is 0 Å². The molecule has 0 aromatic heterocycles. The van der Waals surface area contributed by atoms with Crippen molar-refractivity contribution in [2.24, 2.45) is 0 Å². The maximum absolute atomic E-state index is 3.62. The fraction of sp³-hybridized carbons (Fsp3) is 0.667. The minimum atomic E-state index is 0. The SMILES string of the molecule is C=CCC[NH+](C)C.[Cl-]. The Morgan fingerprint density at radius 2 is 2.00 bits per heavy atom. The van der Waals surface area contributed by atoms with Gasteiger partial charge in [-0.15, -0.1) is 6.58 Å². The van der Waals surface area contributed by atoms with E-state index >= 15 is 0 Å². The van der Waals surface area contributed by atoms with E-state index in [9.17, 15) is 0 Å². The van der Waals surface area contributed by atoms with Gasteiger partial charge in [-0.3, -0.25) is 0 Å². The summed E-state index contributed by atoms with van der Waals surface area (Å²) in [6, 6.07) is 0. The average molecular weight is 136 g/mol. The minimum absolute atomic E-state index is 0. The topological polar surface area (TPSA) is 4.44 Å². The van der Waals surface area contributed by atoms with E-state index in [0.29, 0.717) is 0 Å². The van der Waals surface area contributed by atoms with Crippen LogP contribution in [0.25, 0.3) is 0 Å². The molecule has 0 aromatic rings. The van der Waals surface area contributed by atoms with Gasteiger partial charge in [0.2, 0.25) is 0 Å². The Morgan fingerprint density at radius 3 is 2.12 bits per heavy atom. The molecule has 0 unspecified atom stereocenters. The van der Waals surface area contributed by atoms with Gasteiger partial charge in [-0.05, 0) is 0 Å². The van der Waals surface area contributed by atoms with Crippen molar-refractivity contribution in [1.29, 1.82) is 0 Å². The van der Waals surface area contributed by atoms with E-state index in [0.717, 1.165) is 6.42 Å². The van der Waals surface area contributed by atoms with Gasteiger partial charge in [-0.1, -0.05) is 6.08 Å². The quantitative estimate of drug-likeness (QED) is 0.387. The van der Waals surface area contributed by atoms with Crippen molar-refractivity contribution in [3.8, 4) is 0 Å². The molecule has 0 heterocycles. The van der Waals surface area contributed by atoms with Gasteiger partial charge in [0.25, 0.3) is 0 Å². The highest BCUT2D eigenvalue weighted by Gasteiger charge is 1.84. The molecule has 1 N–H and O–H groups in total. The third-order valence-corrected chi connectivity index (χ3v) is 0.848. The molecular weight excluding hydrogens is 122 g/mol. The second-order valence-electron chi connectivity index (χ2n) is 2.03. The second kappa shape index (κ2) is 6.99. The Bertz CT molecular complexity index is 52.5. The number of quaternary nitrogens is 1. The fourth-order valence-electron chi connectivity index (χ4n) is 0.391. The Morgan fingerprint density at radius 1 is 1.50 bits per heavy atom. The smallest absolute Gasteiger partial charge is 0.0801 e. The first-order chi connectivity index (χ1) is 3.27. The maximum Gasteiger partial charge on any atom is 0.0801 e. The van der Waals surface area contributed by atoms with Crippen LogP contribution in [0.2, 0.25) is 0 Å². The summed E-state index contributed by atoms with van der Waals surface area (Å²) in [5.41, 5.74) is 0. The van der Waals surface area contributed by atoms with Crippen LogP contribution in [0.15, 0.2) is 12.7 Å². The largest absolute Gasteiger partial charge is 1.00 e. The molecule has 0 fully saturated rings. The van der Waals surface area contributed by atoms with E-state index in [-0.39, 0.29) is 12.4 Å². The van der Waals surface area contributed by atoms with Crippen molar-refractivity contribution in [1.82, 2.24) is 0 Å². The molecule has 0 aliphatic heterocycles. The molecule has 0 atom stereocenters. The summed E-state index contributed by atoms with van der Waals surface area (Å²) in [7, 11) is 4.28. The van der Waals surface area contributed by atoms with Crippen molar-refractivity contribution in [3.63, 3.8) is 0 Å². The minimum Gasteiger partial charge on any atom is -1.00 e. The normalized spacial score (nSPS) is 8.38. The van der Waals surface area contributed by atoms with Crippen molar-refractivity contribution in [2.45, 2.75) is 6.42 Å². The van der Waals surface area contributed by atoms with Gasteiger partial charge >= 0.3 is 0 Å². The second-order valence-corrected chi connectivity index (χ2v) is 2.03. The first-order valence-electron chi connectivity index (χ1n) is 2.67. The van der Waals surface area contributed by atoms with E-state index < -0.39 is 0 Å². The third-order valence-electron chi connectivity index (χ3n) is 0.848. The zero-order chi connectivity index (χ0) is 5.70. The lowest BCUT2D eigenvalue weighted by Gasteiger charge is -2.01. The summed E-state index contributed by atoms with van der Waals surface area (Å²) >= 11 is 0. The van der Waals surface area contributed by atoms with Gasteiger partial charge in [0.15, 0.2) is 0 Å². The van der Waals surface area contributed by atoms with E-state index in [4.69, 9.17) is 0 Å². The molecule has 0 aliphatic carbocycles. The van der Waals surface area contributed by atoms with Gasteiger partial charge in [0.05, 0.1) is 20.6 Å². The Balaban J connectivity index is 0. The van der Waals surface area contributed by atoms with Crippen LogP contribution < -0.4 is 17.3 Å². The fourth-order valence-corrected chi connectivity index (χ4v) is 0.391. The third kappa shape index (κ3) is 9.37. The highest BCUT2D eigenvalue weighted by molar-refractivity contribution is 4.63. The van der Waals surface area contributed by atoms with Crippen molar-refractivity contribution in [2.75, 3.05) is 20.6 Å². The Kier molecular flexibility index (Phi) is 9.51. The number of rotatable bonds is 3. The predicted octanol–water partition coefficient (Wildman–Crippen LogP) is -3.29. The van der Waals surface area contributed by atoms with Gasteiger partial charge < -0.3 is 17.3 Å². The van der Waals surface area contributed by atoms with Crippen LogP contribution in [0.1, 0.15) is 6.42 Å². The Hall–Kier alpha value is -0.0100. The van der Waals surface area contributed by atoms with Crippen LogP contribution in [-0.4, -0.2) is 20.6 Å². The number of halogens is 1. The van der Waals surface area contributed by atoms with Crippen LogP contribution in [0.4, 0.5) is 0 Å². The molecule has 0 rings (SSSR count). The average Bonchev–Trinajstić information content (AvgIpc) is 1.61. The van der Waals surface area contributed by atoms with Gasteiger partial charge in [0, 0.05) is 6.42 Å². The summed E-state index contributed by atoms with van der Waals surface area (Å²) in [6.45, 7) is 4.82. The molecule has 0 spiro atoms. The first kappa shape index (κ1) is 10.9. The van der Waals surface area contributed by atoms with Crippen LogP contribution >= 0.6 is 0 Å². The van der Waals surface area contributed by atoms with E-state index in [1.807, 2.05) is 6.08 Å². The lowest BCUT2D eigenvalue weighted by Crippen LogP contribution is -3.05. The monoisotopic (exact) mass is 135 g/mol. The Labute approximate surface area is 57.8 Å². The summed E-state index contributed by atoms with van der Waals surface area (Å²) in [6.07, 6.45) is 3.08. The van der Waals surface area contributed by atoms with E-state index in [1.54, 1.807) is 0 Å². The van der Waals surface area contributed by atoms with E-state index in [2.05, 4.69) is 20.7 Å². The zero-order valence-corrected chi connectivity index (χ0v) is 6.33. The summed E-state index contributed by atoms with van der Waals surface area (Å²) in [5, 5.41) is 0. The van der Waals surface area contributed by atoms with Crippen molar-refractivity contribution >= 4 is 0 Å². The van der Waals surface area contributed by atoms with E-state index in [1.165, 1.54) is 11.4 Å².